The molecule has 1 amide bonds. The number of esters is 1. The number of rotatable bonds is 2. The van der Waals surface area contributed by atoms with Crippen LogP contribution in [-0.2, 0) is 9.59 Å². The van der Waals surface area contributed by atoms with E-state index in [1.807, 2.05) is 0 Å². The van der Waals surface area contributed by atoms with Crippen molar-refractivity contribution in [2.75, 3.05) is 22.5 Å². The topological polar surface area (TPSA) is 154 Å². The molecule has 0 saturated carbocycles. The lowest BCUT2D eigenvalue weighted by Crippen LogP contribution is -2.28. The molecule has 0 heterocycles. The first-order chi connectivity index (χ1) is 10.4. The smallest absolute Gasteiger partial charge is 0.402 e. The third-order valence-corrected chi connectivity index (χ3v) is 2.77. The van der Waals surface area contributed by atoms with Crippen molar-refractivity contribution in [1.82, 2.24) is 0 Å². The van der Waals surface area contributed by atoms with E-state index in [0.29, 0.717) is 0 Å². The number of aromatic hydroxyl groups is 1. The Morgan fingerprint density at radius 1 is 0.955 bits per heavy atom. The molecule has 0 bridgehead atoms. The normalized spacial score (nSPS) is 10.0. The van der Waals surface area contributed by atoms with Crippen LogP contribution in [-0.4, -0.2) is 17.0 Å². The Morgan fingerprint density at radius 3 is 2.14 bits per heavy atom. The minimum Gasteiger partial charge on any atom is -0.504 e. The Balaban J connectivity index is 2.13. The fourth-order valence-corrected chi connectivity index (χ4v) is 1.67. The summed E-state index contributed by atoms with van der Waals surface area (Å²) in [6, 6.07) is 8.84. The first kappa shape index (κ1) is 15.0. The predicted octanol–water partition coefficient (Wildman–Crippen LogP) is 0.683. The standard InChI is InChI=1S/C14H14N4O4/c15-7-3-2-6-10(11(7)19)18-13(20)14(21)22-12-8(16)4-1-5-9(12)17/h1-6,19H,15-17H2,(H,18,20). The van der Waals surface area contributed by atoms with Crippen molar-refractivity contribution in [3.8, 4) is 11.5 Å². The summed E-state index contributed by atoms with van der Waals surface area (Å²) >= 11 is 0. The number of carbonyl (C=O) groups excluding carboxylic acids is 2. The molecule has 0 aromatic heterocycles. The number of phenolic OH excluding ortho intramolecular Hbond substituents is 1. The Kier molecular flexibility index (Phi) is 4.03. The van der Waals surface area contributed by atoms with Crippen LogP contribution in [0.1, 0.15) is 0 Å². The summed E-state index contributed by atoms with van der Waals surface area (Å²) < 4.78 is 4.87. The van der Waals surface area contributed by atoms with E-state index in [9.17, 15) is 14.7 Å². The van der Waals surface area contributed by atoms with Gasteiger partial charge >= 0.3 is 11.9 Å². The van der Waals surface area contributed by atoms with Gasteiger partial charge in [-0.1, -0.05) is 12.1 Å². The monoisotopic (exact) mass is 302 g/mol. The number of nitrogens with one attached hydrogen (secondary N) is 1. The fraction of sp³-hybridized carbons (Fsp3) is 0. The van der Waals surface area contributed by atoms with E-state index in [1.54, 1.807) is 6.07 Å². The number of phenols is 1. The Morgan fingerprint density at radius 2 is 1.50 bits per heavy atom. The number of nitrogen functional groups attached to an aromatic ring is 3. The number of carbonyl (C=O) groups is 2. The highest BCUT2D eigenvalue weighted by atomic mass is 16.5. The molecule has 0 unspecified atom stereocenters. The van der Waals surface area contributed by atoms with Crippen LogP contribution in [0.2, 0.25) is 0 Å². The van der Waals surface area contributed by atoms with Gasteiger partial charge < -0.3 is 32.4 Å². The molecule has 22 heavy (non-hydrogen) atoms. The van der Waals surface area contributed by atoms with Gasteiger partial charge in [-0.2, -0.15) is 0 Å². The third-order valence-electron chi connectivity index (χ3n) is 2.77. The molecule has 2 aromatic carbocycles. The summed E-state index contributed by atoms with van der Waals surface area (Å²) in [7, 11) is 0. The molecule has 0 radical (unpaired) electrons. The summed E-state index contributed by atoms with van der Waals surface area (Å²) in [5.41, 5.74) is 17.0. The molecule has 0 atom stereocenters. The quantitative estimate of drug-likeness (QED) is 0.180. The summed E-state index contributed by atoms with van der Waals surface area (Å²) in [6.45, 7) is 0. The molecule has 8 N–H and O–H groups in total. The van der Waals surface area contributed by atoms with E-state index in [0.717, 1.165) is 0 Å². The number of amides is 1. The lowest BCUT2D eigenvalue weighted by molar-refractivity contribution is -0.145. The molecule has 2 rings (SSSR count). The van der Waals surface area contributed by atoms with Gasteiger partial charge in [0.2, 0.25) is 0 Å². The fourth-order valence-electron chi connectivity index (χ4n) is 1.67. The van der Waals surface area contributed by atoms with E-state index in [1.165, 1.54) is 30.3 Å². The zero-order valence-corrected chi connectivity index (χ0v) is 11.4. The first-order valence-electron chi connectivity index (χ1n) is 6.14. The van der Waals surface area contributed by atoms with Crippen LogP contribution in [0, 0.1) is 0 Å². The van der Waals surface area contributed by atoms with Crippen LogP contribution in [0.25, 0.3) is 0 Å². The van der Waals surface area contributed by atoms with Crippen molar-refractivity contribution < 1.29 is 19.4 Å². The van der Waals surface area contributed by atoms with Crippen LogP contribution >= 0.6 is 0 Å². The summed E-state index contributed by atoms with van der Waals surface area (Å²) in [5.74, 6) is -2.78. The van der Waals surface area contributed by atoms with Crippen LogP contribution in [0.4, 0.5) is 22.7 Å². The Bertz CT molecular complexity index is 725. The molecular weight excluding hydrogens is 288 g/mol. The van der Waals surface area contributed by atoms with E-state index in [-0.39, 0.29) is 34.2 Å². The highest BCUT2D eigenvalue weighted by molar-refractivity contribution is 6.38. The average molecular weight is 302 g/mol. The van der Waals surface area contributed by atoms with Gasteiger partial charge in [-0.3, -0.25) is 4.79 Å². The number of ether oxygens (including phenoxy) is 1. The van der Waals surface area contributed by atoms with Gasteiger partial charge in [0.1, 0.15) is 0 Å². The first-order valence-corrected chi connectivity index (χ1v) is 6.14. The molecule has 2 aromatic rings. The van der Waals surface area contributed by atoms with Crippen LogP contribution in [0.5, 0.6) is 11.5 Å². The van der Waals surface area contributed by atoms with Gasteiger partial charge in [0, 0.05) is 0 Å². The second-order valence-corrected chi connectivity index (χ2v) is 4.35. The average Bonchev–Trinajstić information content (AvgIpc) is 2.47. The predicted molar refractivity (Wildman–Crippen MR) is 82.1 cm³/mol. The van der Waals surface area contributed by atoms with Gasteiger partial charge in [0.15, 0.2) is 11.5 Å². The SMILES string of the molecule is Nc1cccc(NC(=O)C(=O)Oc2c(N)cccc2N)c1O. The molecule has 8 heteroatoms. The van der Waals surface area contributed by atoms with Crippen LogP contribution < -0.4 is 27.3 Å². The number of hydrogen-bond donors (Lipinski definition) is 5. The van der Waals surface area contributed by atoms with Crippen LogP contribution in [0.3, 0.4) is 0 Å². The number of anilines is 4. The van der Waals surface area contributed by atoms with Crippen molar-refractivity contribution in [3.05, 3.63) is 36.4 Å². The second-order valence-electron chi connectivity index (χ2n) is 4.35. The summed E-state index contributed by atoms with van der Waals surface area (Å²) in [6.07, 6.45) is 0. The number of benzene rings is 2. The van der Waals surface area contributed by atoms with Gasteiger partial charge in [-0.05, 0) is 24.3 Å². The Hall–Kier alpha value is -3.42. The molecule has 0 spiro atoms. The minimum atomic E-state index is -1.23. The van der Waals surface area contributed by atoms with E-state index in [2.05, 4.69) is 5.32 Å². The largest absolute Gasteiger partial charge is 0.504 e. The van der Waals surface area contributed by atoms with Gasteiger partial charge in [0.25, 0.3) is 0 Å². The van der Waals surface area contributed by atoms with Crippen molar-refractivity contribution in [2.45, 2.75) is 0 Å². The molecule has 0 fully saturated rings. The third kappa shape index (κ3) is 3.01. The summed E-state index contributed by atoms with van der Waals surface area (Å²) in [4.78, 5) is 23.5. The number of nitrogens with two attached hydrogens (primary N) is 3. The second kappa shape index (κ2) is 5.92. The molecule has 0 aliphatic carbocycles. The molecule has 0 saturated heterocycles. The van der Waals surface area contributed by atoms with Crippen molar-refractivity contribution in [3.63, 3.8) is 0 Å². The van der Waals surface area contributed by atoms with Crippen molar-refractivity contribution in [2.24, 2.45) is 0 Å². The highest BCUT2D eigenvalue weighted by Crippen LogP contribution is 2.30. The lowest BCUT2D eigenvalue weighted by Gasteiger charge is -2.10. The maximum Gasteiger partial charge on any atom is 0.402 e. The lowest BCUT2D eigenvalue weighted by atomic mass is 10.2. The van der Waals surface area contributed by atoms with Crippen molar-refractivity contribution in [1.29, 1.82) is 0 Å². The Labute approximate surface area is 125 Å². The van der Waals surface area contributed by atoms with E-state index < -0.39 is 11.9 Å². The maximum absolute atomic E-state index is 11.8. The molecular formula is C14H14N4O4. The number of hydrogen-bond acceptors (Lipinski definition) is 7. The van der Waals surface area contributed by atoms with E-state index >= 15 is 0 Å². The maximum atomic E-state index is 11.8. The number of para-hydroxylation sites is 2. The minimum absolute atomic E-state index is 0.0176. The highest BCUT2D eigenvalue weighted by Gasteiger charge is 2.20. The molecule has 114 valence electrons. The summed E-state index contributed by atoms with van der Waals surface area (Å²) in [5, 5.41) is 11.9. The zero-order valence-electron chi connectivity index (χ0n) is 11.4. The van der Waals surface area contributed by atoms with Crippen molar-refractivity contribution >= 4 is 34.6 Å². The van der Waals surface area contributed by atoms with Gasteiger partial charge in [-0.25, -0.2) is 4.79 Å². The van der Waals surface area contributed by atoms with Gasteiger partial charge in [-0.15, -0.1) is 0 Å². The molecule has 0 aliphatic rings. The van der Waals surface area contributed by atoms with Gasteiger partial charge in [0.05, 0.1) is 22.7 Å². The molecule has 8 nitrogen and oxygen atoms in total. The van der Waals surface area contributed by atoms with E-state index in [4.69, 9.17) is 21.9 Å². The zero-order chi connectivity index (χ0) is 16.3. The molecule has 0 aliphatic heterocycles. The van der Waals surface area contributed by atoms with Crippen LogP contribution in [0.15, 0.2) is 36.4 Å².